The van der Waals surface area contributed by atoms with Crippen molar-refractivity contribution in [2.45, 2.75) is 12.3 Å². The second-order valence-corrected chi connectivity index (χ2v) is 4.68. The lowest BCUT2D eigenvalue weighted by Crippen LogP contribution is -2.12. The molecule has 2 rings (SSSR count). The summed E-state index contributed by atoms with van der Waals surface area (Å²) in [6, 6.07) is 4.89. The van der Waals surface area contributed by atoms with Crippen molar-refractivity contribution in [1.29, 1.82) is 0 Å². The van der Waals surface area contributed by atoms with E-state index >= 15 is 0 Å². The summed E-state index contributed by atoms with van der Waals surface area (Å²) in [5, 5.41) is 10.2. The molecule has 1 aromatic carbocycles. The van der Waals surface area contributed by atoms with Crippen LogP contribution >= 0.6 is 11.3 Å². The number of nitrogens with zero attached hydrogens (tertiary/aromatic N) is 1. The molecule has 7 heteroatoms. The number of alkyl halides is 3. The Labute approximate surface area is 105 Å². The number of hydrogen-bond donors (Lipinski definition) is 2. The van der Waals surface area contributed by atoms with E-state index in [4.69, 9.17) is 5.73 Å². The van der Waals surface area contributed by atoms with Crippen LogP contribution in [0.3, 0.4) is 0 Å². The molecule has 1 atom stereocenters. The van der Waals surface area contributed by atoms with Gasteiger partial charge in [0.15, 0.2) is 5.13 Å². The SMILES string of the molecule is Nc1ncc(C(O)c2ccccc2C(F)(F)F)s1. The zero-order valence-corrected chi connectivity index (χ0v) is 9.79. The van der Waals surface area contributed by atoms with Gasteiger partial charge in [-0.15, -0.1) is 0 Å². The highest BCUT2D eigenvalue weighted by Gasteiger charge is 2.35. The van der Waals surface area contributed by atoms with Crippen LogP contribution < -0.4 is 5.73 Å². The van der Waals surface area contributed by atoms with E-state index in [0.717, 1.165) is 17.4 Å². The number of rotatable bonds is 2. The van der Waals surface area contributed by atoms with Crippen molar-refractivity contribution in [2.75, 3.05) is 5.73 Å². The Morgan fingerprint density at radius 1 is 1.28 bits per heavy atom. The highest BCUT2D eigenvalue weighted by molar-refractivity contribution is 7.15. The molecule has 0 spiro atoms. The van der Waals surface area contributed by atoms with Crippen molar-refractivity contribution < 1.29 is 18.3 Å². The number of hydrogen-bond acceptors (Lipinski definition) is 4. The summed E-state index contributed by atoms with van der Waals surface area (Å²) in [6.07, 6.45) is -4.61. The summed E-state index contributed by atoms with van der Waals surface area (Å²) < 4.78 is 38.3. The number of nitrogen functional groups attached to an aromatic ring is 1. The van der Waals surface area contributed by atoms with Gasteiger partial charge in [0.1, 0.15) is 6.10 Å². The minimum atomic E-state index is -4.51. The molecule has 0 aliphatic heterocycles. The van der Waals surface area contributed by atoms with Crippen molar-refractivity contribution in [3.8, 4) is 0 Å². The molecule has 0 radical (unpaired) electrons. The largest absolute Gasteiger partial charge is 0.416 e. The number of benzene rings is 1. The average molecular weight is 274 g/mol. The van der Waals surface area contributed by atoms with Crippen molar-refractivity contribution in [2.24, 2.45) is 0 Å². The summed E-state index contributed by atoms with van der Waals surface area (Å²) in [5.74, 6) is 0. The number of nitrogens with two attached hydrogens (primary N) is 1. The standard InChI is InChI=1S/C11H9F3N2OS/c12-11(13,14)7-4-2-1-3-6(7)9(17)8-5-16-10(15)18-8/h1-5,9,17H,(H2,15,16). The molecule has 0 fully saturated rings. The lowest BCUT2D eigenvalue weighted by atomic mass is 10.0. The van der Waals surface area contributed by atoms with E-state index in [-0.39, 0.29) is 15.6 Å². The van der Waals surface area contributed by atoms with Gasteiger partial charge in [0.25, 0.3) is 0 Å². The fourth-order valence-corrected chi connectivity index (χ4v) is 2.26. The van der Waals surface area contributed by atoms with Gasteiger partial charge in [0.2, 0.25) is 0 Å². The van der Waals surface area contributed by atoms with Crippen LogP contribution in [0.2, 0.25) is 0 Å². The third-order valence-corrected chi connectivity index (χ3v) is 3.25. The summed E-state index contributed by atoms with van der Waals surface area (Å²) in [5.41, 5.74) is 4.34. The molecule has 3 nitrogen and oxygen atoms in total. The highest BCUT2D eigenvalue weighted by atomic mass is 32.1. The maximum Gasteiger partial charge on any atom is 0.416 e. The van der Waals surface area contributed by atoms with Crippen LogP contribution in [0, 0.1) is 0 Å². The molecule has 96 valence electrons. The van der Waals surface area contributed by atoms with Gasteiger partial charge >= 0.3 is 6.18 Å². The molecule has 0 aliphatic rings. The zero-order chi connectivity index (χ0) is 13.3. The van der Waals surface area contributed by atoms with Gasteiger partial charge in [0, 0.05) is 6.20 Å². The fourth-order valence-electron chi connectivity index (χ4n) is 1.57. The molecule has 0 aliphatic carbocycles. The van der Waals surface area contributed by atoms with Gasteiger partial charge in [-0.2, -0.15) is 13.2 Å². The molecule has 0 saturated heterocycles. The smallest absolute Gasteiger partial charge is 0.383 e. The van der Waals surface area contributed by atoms with Gasteiger partial charge in [-0.25, -0.2) is 4.98 Å². The maximum absolute atomic E-state index is 12.8. The van der Waals surface area contributed by atoms with Gasteiger partial charge in [0.05, 0.1) is 10.4 Å². The van der Waals surface area contributed by atoms with Crippen LogP contribution in [-0.2, 0) is 6.18 Å². The Balaban J connectivity index is 2.45. The summed E-state index contributed by atoms with van der Waals surface area (Å²) >= 11 is 0.959. The Bertz CT molecular complexity index is 553. The Morgan fingerprint density at radius 3 is 2.50 bits per heavy atom. The molecule has 2 aromatic rings. The van der Waals surface area contributed by atoms with Gasteiger partial charge in [-0.3, -0.25) is 0 Å². The van der Waals surface area contributed by atoms with E-state index in [2.05, 4.69) is 4.98 Å². The van der Waals surface area contributed by atoms with Crippen molar-refractivity contribution >= 4 is 16.5 Å². The molecule has 1 heterocycles. The predicted molar refractivity (Wildman–Crippen MR) is 62.0 cm³/mol. The first-order chi connectivity index (χ1) is 8.39. The lowest BCUT2D eigenvalue weighted by molar-refractivity contribution is -0.138. The molecular weight excluding hydrogens is 265 g/mol. The van der Waals surface area contributed by atoms with E-state index < -0.39 is 17.8 Å². The quantitative estimate of drug-likeness (QED) is 0.885. The summed E-state index contributed by atoms with van der Waals surface area (Å²) in [7, 11) is 0. The van der Waals surface area contributed by atoms with Gasteiger partial charge in [-0.1, -0.05) is 29.5 Å². The molecule has 18 heavy (non-hydrogen) atoms. The first-order valence-electron chi connectivity index (χ1n) is 4.95. The molecular formula is C11H9F3N2OS. The molecule has 3 N–H and O–H groups in total. The lowest BCUT2D eigenvalue weighted by Gasteiger charge is -2.16. The average Bonchev–Trinajstić information content (AvgIpc) is 2.74. The topological polar surface area (TPSA) is 59.1 Å². The summed E-state index contributed by atoms with van der Waals surface area (Å²) in [6.45, 7) is 0. The highest BCUT2D eigenvalue weighted by Crippen LogP contribution is 2.37. The minimum absolute atomic E-state index is 0.200. The Morgan fingerprint density at radius 2 is 1.94 bits per heavy atom. The number of aromatic nitrogens is 1. The van der Waals surface area contributed by atoms with Crippen LogP contribution in [0.5, 0.6) is 0 Å². The van der Waals surface area contributed by atoms with Crippen LogP contribution in [0.15, 0.2) is 30.5 Å². The van der Waals surface area contributed by atoms with E-state index in [9.17, 15) is 18.3 Å². The zero-order valence-electron chi connectivity index (χ0n) is 8.98. The number of aliphatic hydroxyl groups is 1. The van der Waals surface area contributed by atoms with Crippen molar-refractivity contribution in [1.82, 2.24) is 4.98 Å². The monoisotopic (exact) mass is 274 g/mol. The van der Waals surface area contributed by atoms with Crippen LogP contribution in [0.1, 0.15) is 22.1 Å². The second-order valence-electron chi connectivity index (χ2n) is 3.59. The first kappa shape index (κ1) is 12.8. The predicted octanol–water partition coefficient (Wildman–Crippen LogP) is 2.83. The third kappa shape index (κ3) is 2.46. The number of thiazole rings is 1. The van der Waals surface area contributed by atoms with Crippen LogP contribution in [0.4, 0.5) is 18.3 Å². The molecule has 1 aromatic heterocycles. The first-order valence-corrected chi connectivity index (χ1v) is 5.76. The summed E-state index contributed by atoms with van der Waals surface area (Å²) in [4.78, 5) is 3.99. The van der Waals surface area contributed by atoms with Gasteiger partial charge in [-0.05, 0) is 11.6 Å². The third-order valence-electron chi connectivity index (χ3n) is 2.37. The van der Waals surface area contributed by atoms with Crippen LogP contribution in [-0.4, -0.2) is 10.1 Å². The van der Waals surface area contributed by atoms with Crippen molar-refractivity contribution in [3.63, 3.8) is 0 Å². The molecule has 0 saturated carbocycles. The van der Waals surface area contributed by atoms with E-state index in [1.165, 1.54) is 24.4 Å². The van der Waals surface area contributed by atoms with Gasteiger partial charge < -0.3 is 10.8 Å². The Hall–Kier alpha value is -1.60. The van der Waals surface area contributed by atoms with E-state index in [1.54, 1.807) is 0 Å². The Kier molecular flexibility index (Phi) is 3.27. The van der Waals surface area contributed by atoms with Crippen molar-refractivity contribution in [3.05, 3.63) is 46.5 Å². The molecule has 0 amide bonds. The number of anilines is 1. The fraction of sp³-hybridized carbons (Fsp3) is 0.182. The second kappa shape index (κ2) is 4.58. The maximum atomic E-state index is 12.8. The minimum Gasteiger partial charge on any atom is -0.383 e. The molecule has 0 bridgehead atoms. The van der Waals surface area contributed by atoms with Crippen LogP contribution in [0.25, 0.3) is 0 Å². The number of aliphatic hydroxyl groups excluding tert-OH is 1. The van der Waals surface area contributed by atoms with E-state index in [0.29, 0.717) is 0 Å². The molecule has 1 unspecified atom stereocenters. The number of halogens is 3. The normalized spacial score (nSPS) is 13.6. The van der Waals surface area contributed by atoms with E-state index in [1.807, 2.05) is 0 Å².